The Hall–Kier alpha value is -2.65. The van der Waals surface area contributed by atoms with E-state index in [1.807, 2.05) is 0 Å². The van der Waals surface area contributed by atoms with Crippen molar-refractivity contribution in [3.63, 3.8) is 0 Å². The van der Waals surface area contributed by atoms with Gasteiger partial charge in [0.2, 0.25) is 15.9 Å². The highest BCUT2D eigenvalue weighted by Crippen LogP contribution is 2.26. The maximum atomic E-state index is 12.7. The first kappa shape index (κ1) is 20.7. The molecule has 0 aliphatic carbocycles. The van der Waals surface area contributed by atoms with Crippen LogP contribution in [0, 0.1) is 17.0 Å². The lowest BCUT2D eigenvalue weighted by Gasteiger charge is -2.28. The third-order valence-electron chi connectivity index (χ3n) is 3.84. The van der Waals surface area contributed by atoms with Gasteiger partial charge in [-0.3, -0.25) is 19.2 Å². The van der Waals surface area contributed by atoms with Crippen LogP contribution in [0.5, 0.6) is 0 Å². The molecular formula is C17H18ClN3O5S. The number of benzene rings is 2. The minimum absolute atomic E-state index is 0.0252. The lowest BCUT2D eigenvalue weighted by molar-refractivity contribution is -0.384. The Morgan fingerprint density at radius 1 is 1.26 bits per heavy atom. The van der Waals surface area contributed by atoms with E-state index in [4.69, 9.17) is 11.6 Å². The largest absolute Gasteiger partial charge is 0.324 e. The van der Waals surface area contributed by atoms with Gasteiger partial charge in [0.15, 0.2) is 0 Å². The van der Waals surface area contributed by atoms with Gasteiger partial charge in [0, 0.05) is 22.8 Å². The molecule has 0 unspecified atom stereocenters. The molecule has 0 heterocycles. The Morgan fingerprint density at radius 3 is 2.52 bits per heavy atom. The van der Waals surface area contributed by atoms with Crippen LogP contribution in [0.2, 0.25) is 5.02 Å². The van der Waals surface area contributed by atoms with Gasteiger partial charge in [-0.15, -0.1) is 0 Å². The first-order chi connectivity index (χ1) is 12.5. The van der Waals surface area contributed by atoms with Gasteiger partial charge in [-0.05, 0) is 37.6 Å². The van der Waals surface area contributed by atoms with Crippen LogP contribution in [-0.4, -0.2) is 31.5 Å². The summed E-state index contributed by atoms with van der Waals surface area (Å²) in [6, 6.07) is 8.89. The molecule has 0 aliphatic heterocycles. The summed E-state index contributed by atoms with van der Waals surface area (Å²) in [5.41, 5.74) is 0.949. The van der Waals surface area contributed by atoms with Crippen LogP contribution in [0.3, 0.4) is 0 Å². The third-order valence-corrected chi connectivity index (χ3v) is 5.32. The Balaban J connectivity index is 2.39. The molecule has 2 aromatic carbocycles. The Bertz CT molecular complexity index is 994. The standard InChI is InChI=1S/C17H18ClN3O5S/c1-11-7-8-13(18)9-16(11)19-17(22)12(2)20(27(3,25)26)14-5-4-6-15(10-14)21(23)24/h4-10,12H,1-3H3,(H,19,22)/t12-/m0/s1. The fourth-order valence-electron chi connectivity index (χ4n) is 2.52. The molecule has 2 rings (SSSR count). The van der Waals surface area contributed by atoms with E-state index >= 15 is 0 Å². The molecule has 2 aromatic rings. The molecule has 144 valence electrons. The average Bonchev–Trinajstić information content (AvgIpc) is 2.57. The number of nitro benzene ring substituents is 1. The molecule has 27 heavy (non-hydrogen) atoms. The lowest BCUT2D eigenvalue weighted by atomic mass is 10.2. The van der Waals surface area contributed by atoms with Gasteiger partial charge < -0.3 is 5.32 Å². The van der Waals surface area contributed by atoms with Gasteiger partial charge in [0.05, 0.1) is 16.9 Å². The van der Waals surface area contributed by atoms with Crippen LogP contribution in [0.4, 0.5) is 17.1 Å². The van der Waals surface area contributed by atoms with E-state index in [1.54, 1.807) is 25.1 Å². The van der Waals surface area contributed by atoms with Crippen molar-refractivity contribution in [3.05, 3.63) is 63.2 Å². The summed E-state index contributed by atoms with van der Waals surface area (Å²) in [4.78, 5) is 23.0. The number of nitrogens with zero attached hydrogens (tertiary/aromatic N) is 2. The first-order valence-electron chi connectivity index (χ1n) is 7.81. The number of nitrogens with one attached hydrogen (secondary N) is 1. The zero-order valence-corrected chi connectivity index (χ0v) is 16.4. The van der Waals surface area contributed by atoms with E-state index < -0.39 is 26.9 Å². The molecule has 0 aromatic heterocycles. The number of nitro groups is 1. The molecule has 0 aliphatic rings. The van der Waals surface area contributed by atoms with Crippen molar-refractivity contribution in [2.75, 3.05) is 15.9 Å². The van der Waals surface area contributed by atoms with Crippen molar-refractivity contribution in [1.82, 2.24) is 0 Å². The molecule has 8 nitrogen and oxygen atoms in total. The minimum Gasteiger partial charge on any atom is -0.324 e. The van der Waals surface area contributed by atoms with E-state index in [-0.39, 0.29) is 11.4 Å². The predicted molar refractivity (Wildman–Crippen MR) is 105 cm³/mol. The van der Waals surface area contributed by atoms with Gasteiger partial charge in [-0.25, -0.2) is 8.42 Å². The topological polar surface area (TPSA) is 110 Å². The zero-order valence-electron chi connectivity index (χ0n) is 14.8. The normalized spacial score (nSPS) is 12.3. The van der Waals surface area contributed by atoms with E-state index in [9.17, 15) is 23.3 Å². The van der Waals surface area contributed by atoms with Crippen molar-refractivity contribution >= 4 is 44.6 Å². The van der Waals surface area contributed by atoms with Crippen molar-refractivity contribution in [1.29, 1.82) is 0 Å². The smallest absolute Gasteiger partial charge is 0.271 e. The number of hydrogen-bond donors (Lipinski definition) is 1. The third kappa shape index (κ3) is 4.95. The summed E-state index contributed by atoms with van der Waals surface area (Å²) in [6.45, 7) is 3.17. The average molecular weight is 412 g/mol. The van der Waals surface area contributed by atoms with Crippen molar-refractivity contribution in [3.8, 4) is 0 Å². The summed E-state index contributed by atoms with van der Waals surface area (Å²) in [5, 5.41) is 14.1. The summed E-state index contributed by atoms with van der Waals surface area (Å²) in [5.74, 6) is -0.600. The SMILES string of the molecule is Cc1ccc(Cl)cc1NC(=O)[C@H](C)N(c1cccc([N+](=O)[O-])c1)S(C)(=O)=O. The molecule has 0 saturated carbocycles. The van der Waals surface area contributed by atoms with E-state index in [1.165, 1.54) is 25.1 Å². The van der Waals surface area contributed by atoms with E-state index in [2.05, 4.69) is 5.32 Å². The van der Waals surface area contributed by atoms with Gasteiger partial charge >= 0.3 is 0 Å². The minimum atomic E-state index is -3.89. The predicted octanol–water partition coefficient (Wildman–Crippen LogP) is 3.35. The molecule has 0 bridgehead atoms. The second-order valence-corrected chi connectivity index (χ2v) is 8.26. The quantitative estimate of drug-likeness (QED) is 0.579. The number of sulfonamides is 1. The van der Waals surface area contributed by atoms with Crippen LogP contribution in [0.1, 0.15) is 12.5 Å². The maximum Gasteiger partial charge on any atom is 0.271 e. The number of halogens is 1. The molecule has 10 heteroatoms. The van der Waals surface area contributed by atoms with Gasteiger partial charge in [-0.1, -0.05) is 23.7 Å². The zero-order chi connectivity index (χ0) is 20.4. The van der Waals surface area contributed by atoms with Crippen LogP contribution in [0.25, 0.3) is 0 Å². The van der Waals surface area contributed by atoms with E-state index in [0.717, 1.165) is 22.2 Å². The molecule has 0 spiro atoms. The monoisotopic (exact) mass is 411 g/mol. The van der Waals surface area contributed by atoms with Crippen molar-refractivity contribution in [2.45, 2.75) is 19.9 Å². The number of aryl methyl sites for hydroxylation is 1. The molecule has 0 saturated heterocycles. The number of anilines is 2. The van der Waals surface area contributed by atoms with Gasteiger partial charge in [-0.2, -0.15) is 0 Å². The van der Waals surface area contributed by atoms with Crippen LogP contribution in [-0.2, 0) is 14.8 Å². The lowest BCUT2D eigenvalue weighted by Crippen LogP contribution is -2.45. The number of hydrogen-bond acceptors (Lipinski definition) is 5. The van der Waals surface area contributed by atoms with Crippen molar-refractivity contribution in [2.24, 2.45) is 0 Å². The highest BCUT2D eigenvalue weighted by atomic mass is 35.5. The number of carbonyl (C=O) groups is 1. The number of non-ortho nitro benzene ring substituents is 1. The van der Waals surface area contributed by atoms with E-state index in [0.29, 0.717) is 10.7 Å². The van der Waals surface area contributed by atoms with Crippen molar-refractivity contribution < 1.29 is 18.1 Å². The second kappa shape index (κ2) is 7.93. The first-order valence-corrected chi connectivity index (χ1v) is 10.0. The molecule has 0 radical (unpaired) electrons. The number of rotatable bonds is 6. The maximum absolute atomic E-state index is 12.7. The van der Waals surface area contributed by atoms with Crippen LogP contribution in [0.15, 0.2) is 42.5 Å². The fourth-order valence-corrected chi connectivity index (χ4v) is 3.86. The van der Waals surface area contributed by atoms with Gasteiger partial charge in [0.1, 0.15) is 6.04 Å². The Kier molecular flexibility index (Phi) is 6.07. The highest BCUT2D eigenvalue weighted by Gasteiger charge is 2.30. The summed E-state index contributed by atoms with van der Waals surface area (Å²) in [7, 11) is -3.89. The number of carbonyl (C=O) groups excluding carboxylic acids is 1. The number of amides is 1. The fraction of sp³-hybridized carbons (Fsp3) is 0.235. The van der Waals surface area contributed by atoms with Crippen LogP contribution < -0.4 is 9.62 Å². The second-order valence-electron chi connectivity index (χ2n) is 5.96. The molecule has 0 fully saturated rings. The molecule has 1 N–H and O–H groups in total. The van der Waals surface area contributed by atoms with Crippen LogP contribution >= 0.6 is 11.6 Å². The summed E-state index contributed by atoms with van der Waals surface area (Å²) < 4.78 is 25.4. The van der Waals surface area contributed by atoms with Gasteiger partial charge in [0.25, 0.3) is 5.69 Å². The molecular weight excluding hydrogens is 394 g/mol. The highest BCUT2D eigenvalue weighted by molar-refractivity contribution is 7.92. The Labute approximate surface area is 162 Å². The molecule has 1 amide bonds. The summed E-state index contributed by atoms with van der Waals surface area (Å²) >= 11 is 5.94. The molecule has 1 atom stereocenters. The summed E-state index contributed by atoms with van der Waals surface area (Å²) in [6.07, 6.45) is 0.931. The Morgan fingerprint density at radius 2 is 1.93 bits per heavy atom.